The highest BCUT2D eigenvalue weighted by Gasteiger charge is 2.33. The number of carbonyl (C=O) groups is 2. The summed E-state index contributed by atoms with van der Waals surface area (Å²) < 4.78 is 26.2. The van der Waals surface area contributed by atoms with Gasteiger partial charge in [-0.05, 0) is 59.7 Å². The summed E-state index contributed by atoms with van der Waals surface area (Å²) >= 11 is 1.22. The Kier molecular flexibility index (Phi) is 8.82. The molecule has 2 amide bonds. The van der Waals surface area contributed by atoms with Crippen molar-refractivity contribution in [3.05, 3.63) is 101 Å². The lowest BCUT2D eigenvalue weighted by atomic mass is 9.98. The third-order valence-electron chi connectivity index (χ3n) is 6.87. The molecule has 0 unspecified atom stereocenters. The van der Waals surface area contributed by atoms with E-state index >= 15 is 0 Å². The Morgan fingerprint density at radius 1 is 0.976 bits per heavy atom. The summed E-state index contributed by atoms with van der Waals surface area (Å²) in [6.45, 7) is 0.0480. The summed E-state index contributed by atoms with van der Waals surface area (Å²) in [4.78, 5) is 25.9. The minimum absolute atomic E-state index is 0.0480. The zero-order valence-electron chi connectivity index (χ0n) is 23.3. The molecule has 1 atom stereocenters. The number of benzene rings is 3. The van der Waals surface area contributed by atoms with Crippen LogP contribution >= 0.6 is 11.8 Å². The Morgan fingerprint density at radius 2 is 1.64 bits per heavy atom. The van der Waals surface area contributed by atoms with Crippen LogP contribution in [0.2, 0.25) is 0 Å². The molecule has 4 aromatic rings. The summed E-state index contributed by atoms with van der Waals surface area (Å²) in [5, 5.41) is 17.7. The van der Waals surface area contributed by atoms with Crippen LogP contribution in [0.5, 0.6) is 11.5 Å². The highest BCUT2D eigenvalue weighted by atomic mass is 32.2. The maximum Gasteiger partial charge on any atom is 0.254 e. The van der Waals surface area contributed by atoms with Crippen LogP contribution in [0, 0.1) is 5.82 Å². The first-order valence-corrected chi connectivity index (χ1v) is 14.1. The van der Waals surface area contributed by atoms with Crippen molar-refractivity contribution in [3.8, 4) is 11.5 Å². The second-order valence-electron chi connectivity index (χ2n) is 9.42. The number of halogens is 1. The number of carbonyl (C=O) groups excluding carboxylic acids is 2. The fourth-order valence-corrected chi connectivity index (χ4v) is 5.28. The Bertz CT molecular complexity index is 1610. The summed E-state index contributed by atoms with van der Waals surface area (Å²) in [7, 11) is 4.96. The van der Waals surface area contributed by atoms with Crippen molar-refractivity contribution in [1.29, 1.82) is 0 Å². The van der Waals surface area contributed by atoms with E-state index in [0.29, 0.717) is 17.4 Å². The molecule has 0 saturated heterocycles. The monoisotopic (exact) mass is 588 g/mol. The second kappa shape index (κ2) is 12.9. The number of rotatable bonds is 10. The SMILES string of the molecule is COc1ccc(C2=NN(C(=O)CSc3nnc(CNC(=O)c4ccccc4F)n3C)[C@@H](c3ccc(OC)cc3)C2)cc1. The number of hydrogen-bond acceptors (Lipinski definition) is 8. The van der Waals surface area contributed by atoms with E-state index in [4.69, 9.17) is 14.6 Å². The first-order chi connectivity index (χ1) is 20.4. The molecular formula is C30H29FN6O4S. The molecule has 5 rings (SSSR count). The van der Waals surface area contributed by atoms with E-state index < -0.39 is 11.7 Å². The number of nitrogens with zero attached hydrogens (tertiary/aromatic N) is 5. The lowest BCUT2D eigenvalue weighted by Crippen LogP contribution is -2.28. The molecule has 1 aromatic heterocycles. The zero-order chi connectivity index (χ0) is 29.6. The first kappa shape index (κ1) is 28.8. The van der Waals surface area contributed by atoms with Crippen LogP contribution in [0.4, 0.5) is 4.39 Å². The smallest absolute Gasteiger partial charge is 0.254 e. The van der Waals surface area contributed by atoms with Crippen LogP contribution < -0.4 is 14.8 Å². The van der Waals surface area contributed by atoms with Crippen molar-refractivity contribution < 1.29 is 23.5 Å². The van der Waals surface area contributed by atoms with Crippen LogP contribution in [0.15, 0.2) is 83.1 Å². The third kappa shape index (κ3) is 6.28. The van der Waals surface area contributed by atoms with Gasteiger partial charge >= 0.3 is 0 Å². The van der Waals surface area contributed by atoms with Gasteiger partial charge < -0.3 is 19.4 Å². The molecule has 0 fully saturated rings. The molecule has 0 aliphatic carbocycles. The van der Waals surface area contributed by atoms with E-state index in [2.05, 4.69) is 15.5 Å². The van der Waals surface area contributed by atoms with E-state index in [1.54, 1.807) is 31.9 Å². The Morgan fingerprint density at radius 3 is 2.31 bits per heavy atom. The molecule has 0 bridgehead atoms. The highest BCUT2D eigenvalue weighted by molar-refractivity contribution is 7.99. The lowest BCUT2D eigenvalue weighted by molar-refractivity contribution is -0.130. The highest BCUT2D eigenvalue weighted by Crippen LogP contribution is 2.34. The molecule has 2 heterocycles. The maximum atomic E-state index is 13.9. The van der Waals surface area contributed by atoms with Gasteiger partial charge in [-0.1, -0.05) is 36.0 Å². The van der Waals surface area contributed by atoms with Crippen LogP contribution in [0.25, 0.3) is 0 Å². The molecule has 216 valence electrons. The minimum atomic E-state index is -0.601. The summed E-state index contributed by atoms with van der Waals surface area (Å²) in [6.07, 6.45) is 0.547. The number of methoxy groups -OCH3 is 2. The van der Waals surface area contributed by atoms with Crippen LogP contribution in [0.3, 0.4) is 0 Å². The van der Waals surface area contributed by atoms with Crippen molar-refractivity contribution in [1.82, 2.24) is 25.1 Å². The average Bonchev–Trinajstić information content (AvgIpc) is 3.63. The lowest BCUT2D eigenvalue weighted by Gasteiger charge is -2.22. The molecular weight excluding hydrogens is 559 g/mol. The molecule has 0 saturated carbocycles. The van der Waals surface area contributed by atoms with Crippen molar-refractivity contribution in [2.75, 3.05) is 20.0 Å². The fraction of sp³-hybridized carbons (Fsp3) is 0.233. The number of thioether (sulfide) groups is 1. The zero-order valence-corrected chi connectivity index (χ0v) is 24.1. The number of aromatic nitrogens is 3. The van der Waals surface area contributed by atoms with E-state index in [-0.39, 0.29) is 29.8 Å². The summed E-state index contributed by atoms with van der Waals surface area (Å²) in [6, 6.07) is 20.7. The first-order valence-electron chi connectivity index (χ1n) is 13.1. The van der Waals surface area contributed by atoms with Gasteiger partial charge in [0.1, 0.15) is 17.3 Å². The Balaban J connectivity index is 1.28. The Hall–Kier alpha value is -4.71. The molecule has 3 aromatic carbocycles. The van der Waals surface area contributed by atoms with E-state index in [1.807, 2.05) is 48.5 Å². The predicted octanol–water partition coefficient (Wildman–Crippen LogP) is 4.37. The number of hydrazone groups is 1. The molecule has 1 N–H and O–H groups in total. The third-order valence-corrected chi connectivity index (χ3v) is 7.87. The number of ether oxygens (including phenoxy) is 2. The minimum Gasteiger partial charge on any atom is -0.497 e. The summed E-state index contributed by atoms with van der Waals surface area (Å²) in [5.41, 5.74) is 2.59. The molecule has 42 heavy (non-hydrogen) atoms. The van der Waals surface area contributed by atoms with Crippen molar-refractivity contribution in [3.63, 3.8) is 0 Å². The van der Waals surface area contributed by atoms with Gasteiger partial charge in [-0.15, -0.1) is 10.2 Å². The van der Waals surface area contributed by atoms with E-state index in [9.17, 15) is 14.0 Å². The van der Waals surface area contributed by atoms with Gasteiger partial charge in [0, 0.05) is 13.5 Å². The van der Waals surface area contributed by atoms with Crippen molar-refractivity contribution in [2.24, 2.45) is 12.1 Å². The van der Waals surface area contributed by atoms with Gasteiger partial charge in [-0.25, -0.2) is 9.40 Å². The molecule has 1 aliphatic rings. The molecule has 0 radical (unpaired) electrons. The molecule has 1 aliphatic heterocycles. The van der Waals surface area contributed by atoms with Gasteiger partial charge in [0.25, 0.3) is 11.8 Å². The van der Waals surface area contributed by atoms with E-state index in [1.165, 1.54) is 35.0 Å². The number of nitrogens with one attached hydrogen (secondary N) is 1. The average molecular weight is 589 g/mol. The quantitative estimate of drug-likeness (QED) is 0.274. The topological polar surface area (TPSA) is 111 Å². The van der Waals surface area contributed by atoms with Gasteiger partial charge in [0.15, 0.2) is 11.0 Å². The largest absolute Gasteiger partial charge is 0.497 e. The standard InChI is InChI=1S/C30H29FN6O4S/c1-36-27(17-32-29(39)23-6-4-5-7-24(23)31)33-34-30(36)42-18-28(38)37-26(20-10-14-22(41-3)15-11-20)16-25(35-37)19-8-12-21(40-2)13-9-19/h4-15,26H,16-18H2,1-3H3,(H,32,39)/t26-/m1/s1. The molecule has 10 nitrogen and oxygen atoms in total. The predicted molar refractivity (Wildman–Crippen MR) is 156 cm³/mol. The van der Waals surface area contributed by atoms with Gasteiger partial charge in [0.2, 0.25) is 0 Å². The summed E-state index contributed by atoms with van der Waals surface area (Å²) in [5.74, 6) is 0.654. The number of amides is 2. The maximum absolute atomic E-state index is 13.9. The molecule has 0 spiro atoms. The van der Waals surface area contributed by atoms with Gasteiger partial charge in [-0.3, -0.25) is 9.59 Å². The van der Waals surface area contributed by atoms with Crippen LogP contribution in [-0.4, -0.2) is 57.3 Å². The Labute approximate surface area is 246 Å². The fourth-order valence-electron chi connectivity index (χ4n) is 4.50. The van der Waals surface area contributed by atoms with Crippen LogP contribution in [-0.2, 0) is 18.4 Å². The van der Waals surface area contributed by atoms with Crippen molar-refractivity contribution in [2.45, 2.75) is 24.2 Å². The second-order valence-corrected chi connectivity index (χ2v) is 10.4. The van der Waals surface area contributed by atoms with Crippen LogP contribution in [0.1, 0.15) is 39.8 Å². The number of hydrogen-bond donors (Lipinski definition) is 1. The normalized spacial score (nSPS) is 14.4. The van der Waals surface area contributed by atoms with E-state index in [0.717, 1.165) is 28.3 Å². The van der Waals surface area contributed by atoms with Gasteiger partial charge in [-0.2, -0.15) is 5.10 Å². The van der Waals surface area contributed by atoms with Gasteiger partial charge in [0.05, 0.1) is 43.8 Å². The molecule has 12 heteroatoms. The van der Waals surface area contributed by atoms with Crippen molar-refractivity contribution >= 4 is 29.3 Å².